The summed E-state index contributed by atoms with van der Waals surface area (Å²) in [6.45, 7) is 8.85. The Labute approximate surface area is 93.4 Å². The van der Waals surface area contributed by atoms with E-state index < -0.39 is 0 Å². The molecule has 1 N–H and O–H groups in total. The van der Waals surface area contributed by atoms with Crippen LogP contribution in [0.3, 0.4) is 0 Å². The van der Waals surface area contributed by atoms with Crippen molar-refractivity contribution in [3.63, 3.8) is 0 Å². The average Bonchev–Trinajstić information content (AvgIpc) is 2.17. The summed E-state index contributed by atoms with van der Waals surface area (Å²) in [4.78, 5) is 2.37. The minimum Gasteiger partial charge on any atom is -0.392 e. The van der Waals surface area contributed by atoms with Gasteiger partial charge in [0.25, 0.3) is 0 Å². The lowest BCUT2D eigenvalue weighted by atomic mass is 9.98. The minimum atomic E-state index is -0.218. The Hall–Kier alpha value is -0.120. The maximum absolute atomic E-state index is 9.67. The van der Waals surface area contributed by atoms with Gasteiger partial charge in [-0.2, -0.15) is 0 Å². The van der Waals surface area contributed by atoms with Gasteiger partial charge in [-0.25, -0.2) is 0 Å². The molecule has 0 aromatic rings. The van der Waals surface area contributed by atoms with Crippen molar-refractivity contribution >= 4 is 0 Å². The lowest BCUT2D eigenvalue weighted by Gasteiger charge is -2.37. The highest BCUT2D eigenvalue weighted by Crippen LogP contribution is 2.19. The van der Waals surface area contributed by atoms with Gasteiger partial charge in [0.05, 0.1) is 18.8 Å². The molecule has 1 fully saturated rings. The summed E-state index contributed by atoms with van der Waals surface area (Å²) >= 11 is 0. The van der Waals surface area contributed by atoms with Gasteiger partial charge in [-0.1, -0.05) is 6.42 Å². The van der Waals surface area contributed by atoms with E-state index in [1.54, 1.807) is 0 Å². The molecule has 2 atom stereocenters. The molecule has 3 heteroatoms. The molecular weight excluding hydrogens is 190 g/mol. The molecule has 1 saturated heterocycles. The standard InChI is InChI=1S/C12H25NO2/c1-10(2)15-9-8-13-7-5-4-6-12(13)11(3)14/h10-12,14H,4-9H2,1-3H3/t11-,12+/m0/s1. The predicted octanol–water partition coefficient (Wildman–Crippen LogP) is 1.65. The second-order valence-electron chi connectivity index (χ2n) is 4.76. The topological polar surface area (TPSA) is 32.7 Å². The van der Waals surface area contributed by atoms with E-state index >= 15 is 0 Å². The van der Waals surface area contributed by atoms with E-state index in [0.29, 0.717) is 12.1 Å². The summed E-state index contributed by atoms with van der Waals surface area (Å²) < 4.78 is 5.55. The smallest absolute Gasteiger partial charge is 0.0667 e. The van der Waals surface area contributed by atoms with Gasteiger partial charge < -0.3 is 9.84 Å². The highest BCUT2D eigenvalue weighted by atomic mass is 16.5. The van der Waals surface area contributed by atoms with Crippen LogP contribution in [0.5, 0.6) is 0 Å². The molecule has 0 aromatic carbocycles. The fourth-order valence-corrected chi connectivity index (χ4v) is 2.25. The highest BCUT2D eigenvalue weighted by Gasteiger charge is 2.25. The third-order valence-corrected chi connectivity index (χ3v) is 3.05. The molecule has 1 aliphatic heterocycles. The first-order chi connectivity index (χ1) is 7.11. The van der Waals surface area contributed by atoms with Crippen LogP contribution in [0.15, 0.2) is 0 Å². The fraction of sp³-hybridized carbons (Fsp3) is 1.00. The number of piperidine rings is 1. The van der Waals surface area contributed by atoms with Gasteiger partial charge in [-0.15, -0.1) is 0 Å². The van der Waals surface area contributed by atoms with E-state index in [4.69, 9.17) is 4.74 Å². The average molecular weight is 215 g/mol. The van der Waals surface area contributed by atoms with Crippen molar-refractivity contribution < 1.29 is 9.84 Å². The highest BCUT2D eigenvalue weighted by molar-refractivity contribution is 4.80. The molecule has 0 aliphatic carbocycles. The molecule has 0 saturated carbocycles. The van der Waals surface area contributed by atoms with Crippen molar-refractivity contribution in [3.05, 3.63) is 0 Å². The number of rotatable bonds is 5. The largest absolute Gasteiger partial charge is 0.392 e. The Balaban J connectivity index is 2.29. The Morgan fingerprint density at radius 3 is 2.67 bits per heavy atom. The van der Waals surface area contributed by atoms with Crippen molar-refractivity contribution in [3.8, 4) is 0 Å². The molecule has 0 amide bonds. The summed E-state index contributed by atoms with van der Waals surface area (Å²) in [6, 6.07) is 0.342. The summed E-state index contributed by atoms with van der Waals surface area (Å²) in [6.07, 6.45) is 3.71. The van der Waals surface area contributed by atoms with E-state index in [2.05, 4.69) is 18.7 Å². The number of hydrogen-bond donors (Lipinski definition) is 1. The van der Waals surface area contributed by atoms with Crippen molar-refractivity contribution in [2.75, 3.05) is 19.7 Å². The van der Waals surface area contributed by atoms with E-state index in [1.165, 1.54) is 12.8 Å². The van der Waals surface area contributed by atoms with Crippen LogP contribution >= 0.6 is 0 Å². The summed E-state index contributed by atoms with van der Waals surface area (Å²) in [5.41, 5.74) is 0. The third-order valence-electron chi connectivity index (χ3n) is 3.05. The maximum Gasteiger partial charge on any atom is 0.0667 e. The number of likely N-dealkylation sites (tertiary alicyclic amines) is 1. The molecule has 90 valence electrons. The van der Waals surface area contributed by atoms with Gasteiger partial charge in [-0.3, -0.25) is 4.90 Å². The number of aliphatic hydroxyl groups is 1. The zero-order valence-corrected chi connectivity index (χ0v) is 10.3. The van der Waals surface area contributed by atoms with Crippen LogP contribution in [-0.4, -0.2) is 48.0 Å². The first-order valence-corrected chi connectivity index (χ1v) is 6.15. The number of ether oxygens (including phenoxy) is 1. The Kier molecular flexibility index (Phi) is 5.58. The van der Waals surface area contributed by atoms with Crippen LogP contribution in [0.2, 0.25) is 0 Å². The summed E-state index contributed by atoms with van der Waals surface area (Å²) in [5, 5.41) is 9.67. The fourth-order valence-electron chi connectivity index (χ4n) is 2.25. The second-order valence-corrected chi connectivity index (χ2v) is 4.76. The lowest BCUT2D eigenvalue weighted by Crippen LogP contribution is -2.47. The Bertz CT molecular complexity index is 171. The zero-order chi connectivity index (χ0) is 11.3. The van der Waals surface area contributed by atoms with E-state index in [0.717, 1.165) is 26.1 Å². The first-order valence-electron chi connectivity index (χ1n) is 6.15. The molecule has 0 unspecified atom stereocenters. The Morgan fingerprint density at radius 1 is 1.33 bits per heavy atom. The van der Waals surface area contributed by atoms with Crippen LogP contribution < -0.4 is 0 Å². The molecule has 15 heavy (non-hydrogen) atoms. The van der Waals surface area contributed by atoms with Crippen LogP contribution in [-0.2, 0) is 4.74 Å². The van der Waals surface area contributed by atoms with Crippen molar-refractivity contribution in [2.45, 2.75) is 58.3 Å². The van der Waals surface area contributed by atoms with E-state index in [9.17, 15) is 5.11 Å². The van der Waals surface area contributed by atoms with Gasteiger partial charge in [0.2, 0.25) is 0 Å². The predicted molar refractivity (Wildman–Crippen MR) is 62.0 cm³/mol. The quantitative estimate of drug-likeness (QED) is 0.757. The van der Waals surface area contributed by atoms with Crippen LogP contribution in [0.1, 0.15) is 40.0 Å². The lowest BCUT2D eigenvalue weighted by molar-refractivity contribution is 0.00354. The molecule has 0 spiro atoms. The van der Waals surface area contributed by atoms with Gasteiger partial charge in [0.1, 0.15) is 0 Å². The van der Waals surface area contributed by atoms with Crippen molar-refractivity contribution in [2.24, 2.45) is 0 Å². The number of hydrogen-bond acceptors (Lipinski definition) is 3. The SMILES string of the molecule is CC(C)OCCN1CCCC[C@@H]1[C@H](C)O. The van der Waals surface area contributed by atoms with Crippen LogP contribution in [0.4, 0.5) is 0 Å². The summed E-state index contributed by atoms with van der Waals surface area (Å²) in [5.74, 6) is 0. The molecule has 1 rings (SSSR count). The number of aliphatic hydroxyl groups excluding tert-OH is 1. The third kappa shape index (κ3) is 4.49. The number of nitrogens with zero attached hydrogens (tertiary/aromatic N) is 1. The monoisotopic (exact) mass is 215 g/mol. The normalized spacial score (nSPS) is 25.8. The first kappa shape index (κ1) is 12.9. The summed E-state index contributed by atoms with van der Waals surface area (Å²) in [7, 11) is 0. The minimum absolute atomic E-state index is 0.218. The van der Waals surface area contributed by atoms with E-state index in [-0.39, 0.29) is 6.10 Å². The molecule has 1 heterocycles. The molecule has 1 aliphatic rings. The van der Waals surface area contributed by atoms with Gasteiger partial charge in [0.15, 0.2) is 0 Å². The molecule has 0 bridgehead atoms. The van der Waals surface area contributed by atoms with Crippen molar-refractivity contribution in [1.82, 2.24) is 4.90 Å². The van der Waals surface area contributed by atoms with Crippen LogP contribution in [0.25, 0.3) is 0 Å². The van der Waals surface area contributed by atoms with Gasteiger partial charge in [0, 0.05) is 12.6 Å². The van der Waals surface area contributed by atoms with Gasteiger partial charge in [-0.05, 0) is 40.2 Å². The molecular formula is C12H25NO2. The van der Waals surface area contributed by atoms with E-state index in [1.807, 2.05) is 6.92 Å². The van der Waals surface area contributed by atoms with Crippen molar-refractivity contribution in [1.29, 1.82) is 0 Å². The van der Waals surface area contributed by atoms with Crippen LogP contribution in [0, 0.1) is 0 Å². The molecule has 3 nitrogen and oxygen atoms in total. The molecule has 0 aromatic heterocycles. The Morgan fingerprint density at radius 2 is 2.07 bits per heavy atom. The maximum atomic E-state index is 9.67. The van der Waals surface area contributed by atoms with Gasteiger partial charge >= 0.3 is 0 Å². The molecule has 0 radical (unpaired) electrons. The second kappa shape index (κ2) is 6.46. The zero-order valence-electron chi connectivity index (χ0n) is 10.3.